The minimum absolute atomic E-state index is 0.692. The monoisotopic (exact) mass is 142 g/mol. The molecule has 1 nitrogen and oxygen atoms in total. The van der Waals surface area contributed by atoms with Gasteiger partial charge in [0, 0.05) is 0 Å². The molecule has 0 aliphatic rings. The highest BCUT2D eigenvalue weighted by Gasteiger charge is 2.07. The first-order chi connectivity index (χ1) is 4.06. The highest BCUT2D eigenvalue weighted by atomic mass is 28.3. The second-order valence-corrected chi connectivity index (χ2v) is 7.66. The number of hydrogen-bond donors (Lipinski definition) is 0. The lowest BCUT2D eigenvalue weighted by molar-refractivity contribution is 0.299. The van der Waals surface area contributed by atoms with Gasteiger partial charge in [-0.2, -0.15) is 0 Å². The summed E-state index contributed by atoms with van der Waals surface area (Å²) in [4.78, 5) is 0. The molecule has 0 radical (unpaired) electrons. The van der Waals surface area contributed by atoms with E-state index in [2.05, 4.69) is 31.3 Å². The van der Waals surface area contributed by atoms with Gasteiger partial charge in [-0.25, -0.2) is 0 Å². The van der Waals surface area contributed by atoms with Crippen molar-refractivity contribution >= 4 is 8.07 Å². The number of ether oxygens (including phenoxy) is 1. The molecule has 0 amide bonds. The smallest absolute Gasteiger partial charge is 0.133 e. The number of rotatable bonds is 1. The molecule has 0 aromatic rings. The van der Waals surface area contributed by atoms with Crippen LogP contribution in [0.2, 0.25) is 19.6 Å². The summed E-state index contributed by atoms with van der Waals surface area (Å²) in [6, 6.07) is 0. The van der Waals surface area contributed by atoms with Crippen LogP contribution >= 0.6 is 0 Å². The van der Waals surface area contributed by atoms with Gasteiger partial charge >= 0.3 is 0 Å². The van der Waals surface area contributed by atoms with Crippen molar-refractivity contribution in [3.63, 3.8) is 0 Å². The average Bonchev–Trinajstić information content (AvgIpc) is 1.63. The minimum Gasteiger partial charge on any atom is -0.447 e. The highest BCUT2D eigenvalue weighted by Crippen LogP contribution is 1.95. The molecule has 2 heteroatoms. The third-order valence-corrected chi connectivity index (χ3v) is 1.49. The van der Waals surface area contributed by atoms with Gasteiger partial charge in [-0.3, -0.25) is 0 Å². The van der Waals surface area contributed by atoms with E-state index in [1.165, 1.54) is 0 Å². The number of hydrogen-bond acceptors (Lipinski definition) is 1. The molecule has 52 valence electrons. The molecule has 0 heterocycles. The van der Waals surface area contributed by atoms with Gasteiger partial charge in [0.2, 0.25) is 0 Å². The van der Waals surface area contributed by atoms with Crippen LogP contribution in [0, 0.1) is 11.7 Å². The first-order valence-corrected chi connectivity index (χ1v) is 6.70. The second-order valence-electron chi connectivity index (χ2n) is 2.91. The molecular formula is C7H14OSi. The summed E-state index contributed by atoms with van der Waals surface area (Å²) >= 11 is 0. The van der Waals surface area contributed by atoms with Gasteiger partial charge < -0.3 is 4.74 Å². The fraction of sp³-hybridized carbons (Fsp3) is 0.714. The molecule has 0 spiro atoms. The van der Waals surface area contributed by atoms with Gasteiger partial charge in [-0.15, -0.1) is 0 Å². The SMILES string of the molecule is CCOC#C[Si](C)(C)C. The summed E-state index contributed by atoms with van der Waals surface area (Å²) in [7, 11) is -1.18. The van der Waals surface area contributed by atoms with E-state index >= 15 is 0 Å². The maximum atomic E-state index is 4.88. The predicted molar refractivity (Wildman–Crippen MR) is 42.7 cm³/mol. The maximum absolute atomic E-state index is 4.88. The molecule has 0 atom stereocenters. The van der Waals surface area contributed by atoms with Crippen molar-refractivity contribution in [2.75, 3.05) is 6.61 Å². The minimum atomic E-state index is -1.18. The lowest BCUT2D eigenvalue weighted by Crippen LogP contribution is -2.16. The lowest BCUT2D eigenvalue weighted by atomic mass is 10.9. The van der Waals surface area contributed by atoms with Crippen LogP contribution in [-0.2, 0) is 4.74 Å². The summed E-state index contributed by atoms with van der Waals surface area (Å²) in [6.45, 7) is 9.22. The molecule has 9 heavy (non-hydrogen) atoms. The molecule has 0 aliphatic carbocycles. The Hall–Kier alpha value is -0.423. The van der Waals surface area contributed by atoms with Crippen LogP contribution in [0.4, 0.5) is 0 Å². The van der Waals surface area contributed by atoms with E-state index in [0.29, 0.717) is 6.61 Å². The quantitative estimate of drug-likeness (QED) is 0.401. The van der Waals surface area contributed by atoms with Gasteiger partial charge in [0.1, 0.15) is 14.2 Å². The molecule has 0 unspecified atom stereocenters. The summed E-state index contributed by atoms with van der Waals surface area (Å²) in [5.74, 6) is 0. The Morgan fingerprint density at radius 1 is 1.33 bits per heavy atom. The largest absolute Gasteiger partial charge is 0.447 e. The molecular weight excluding hydrogens is 128 g/mol. The fourth-order valence-corrected chi connectivity index (χ4v) is 0.640. The van der Waals surface area contributed by atoms with Gasteiger partial charge in [0.25, 0.3) is 0 Å². The summed E-state index contributed by atoms with van der Waals surface area (Å²) in [5, 5.41) is 0. The van der Waals surface area contributed by atoms with Gasteiger partial charge in [0.05, 0.1) is 6.61 Å². The Kier molecular flexibility index (Phi) is 3.41. The summed E-state index contributed by atoms with van der Waals surface area (Å²) in [6.07, 6.45) is 2.69. The van der Waals surface area contributed by atoms with Crippen molar-refractivity contribution in [2.24, 2.45) is 0 Å². The van der Waals surface area contributed by atoms with Crippen molar-refractivity contribution in [3.8, 4) is 11.7 Å². The molecule has 0 N–H and O–H groups in total. The van der Waals surface area contributed by atoms with E-state index in [-0.39, 0.29) is 0 Å². The normalized spacial score (nSPS) is 9.78. The Morgan fingerprint density at radius 2 is 1.89 bits per heavy atom. The van der Waals surface area contributed by atoms with Crippen molar-refractivity contribution in [3.05, 3.63) is 0 Å². The zero-order chi connectivity index (χ0) is 7.33. The van der Waals surface area contributed by atoms with Gasteiger partial charge in [-0.1, -0.05) is 25.2 Å². The third-order valence-electron chi connectivity index (χ3n) is 0.643. The zero-order valence-corrected chi connectivity index (χ0v) is 7.62. The Balaban J connectivity index is 3.59. The molecule has 0 aromatic heterocycles. The molecule has 0 aliphatic heterocycles. The Bertz CT molecular complexity index is 124. The van der Waals surface area contributed by atoms with E-state index < -0.39 is 8.07 Å². The maximum Gasteiger partial charge on any atom is 0.133 e. The van der Waals surface area contributed by atoms with Crippen LogP contribution in [-0.4, -0.2) is 14.7 Å². The highest BCUT2D eigenvalue weighted by molar-refractivity contribution is 6.83. The standard InChI is InChI=1S/C7H14OSi/c1-5-8-6-7-9(2,3)4/h5H2,1-4H3. The van der Waals surface area contributed by atoms with Crippen LogP contribution in [0.5, 0.6) is 0 Å². The fourth-order valence-electron chi connectivity index (χ4n) is 0.261. The topological polar surface area (TPSA) is 9.23 Å². The van der Waals surface area contributed by atoms with Crippen molar-refractivity contribution in [1.82, 2.24) is 0 Å². The Labute approximate surface area is 58.4 Å². The molecule has 0 aromatic carbocycles. The molecule has 0 saturated carbocycles. The van der Waals surface area contributed by atoms with E-state index in [1.807, 2.05) is 6.92 Å². The second kappa shape index (κ2) is 3.57. The lowest BCUT2D eigenvalue weighted by Gasteiger charge is -2.02. The van der Waals surface area contributed by atoms with Crippen LogP contribution in [0.15, 0.2) is 0 Å². The van der Waals surface area contributed by atoms with Crippen molar-refractivity contribution in [1.29, 1.82) is 0 Å². The van der Waals surface area contributed by atoms with Crippen LogP contribution in [0.3, 0.4) is 0 Å². The third kappa shape index (κ3) is 7.58. The van der Waals surface area contributed by atoms with Crippen LogP contribution in [0.25, 0.3) is 0 Å². The average molecular weight is 142 g/mol. The summed E-state index contributed by atoms with van der Waals surface area (Å²) < 4.78 is 4.88. The Morgan fingerprint density at radius 3 is 2.22 bits per heavy atom. The first kappa shape index (κ1) is 8.58. The predicted octanol–water partition coefficient (Wildman–Crippen LogP) is 1.86. The van der Waals surface area contributed by atoms with Crippen LogP contribution < -0.4 is 0 Å². The van der Waals surface area contributed by atoms with E-state index in [9.17, 15) is 0 Å². The molecule has 0 fully saturated rings. The molecule has 0 saturated heterocycles. The first-order valence-electron chi connectivity index (χ1n) is 3.20. The van der Waals surface area contributed by atoms with Crippen LogP contribution in [0.1, 0.15) is 6.92 Å². The zero-order valence-electron chi connectivity index (χ0n) is 6.62. The summed E-state index contributed by atoms with van der Waals surface area (Å²) in [5.41, 5.74) is 3.09. The van der Waals surface area contributed by atoms with E-state index in [4.69, 9.17) is 4.74 Å². The van der Waals surface area contributed by atoms with Crippen molar-refractivity contribution < 1.29 is 4.74 Å². The van der Waals surface area contributed by atoms with E-state index in [1.54, 1.807) is 0 Å². The molecule has 0 bridgehead atoms. The van der Waals surface area contributed by atoms with E-state index in [0.717, 1.165) is 0 Å². The van der Waals surface area contributed by atoms with Gasteiger partial charge in [0.15, 0.2) is 0 Å². The van der Waals surface area contributed by atoms with Crippen molar-refractivity contribution in [2.45, 2.75) is 26.6 Å². The van der Waals surface area contributed by atoms with Gasteiger partial charge in [-0.05, 0) is 6.92 Å². The molecule has 0 rings (SSSR count).